The van der Waals surface area contributed by atoms with Crippen molar-refractivity contribution in [1.29, 1.82) is 0 Å². The Hall–Kier alpha value is -3.35. The number of carbonyl (C=O) groups is 1. The first-order valence-electron chi connectivity index (χ1n) is 11.1. The number of thioether (sulfide) groups is 1. The van der Waals surface area contributed by atoms with E-state index in [-0.39, 0.29) is 11.8 Å². The maximum absolute atomic E-state index is 12.6. The molecule has 1 saturated heterocycles. The molecule has 1 N–H and O–H groups in total. The van der Waals surface area contributed by atoms with Crippen molar-refractivity contribution in [2.24, 2.45) is 0 Å². The first-order chi connectivity index (χ1) is 16.5. The van der Waals surface area contributed by atoms with Gasteiger partial charge in [0.1, 0.15) is 21.6 Å². The molecule has 5 rings (SSSR count). The van der Waals surface area contributed by atoms with Crippen molar-refractivity contribution in [2.75, 3.05) is 6.61 Å². The summed E-state index contributed by atoms with van der Waals surface area (Å²) in [6, 6.07) is 24.3. The van der Waals surface area contributed by atoms with Crippen LogP contribution in [0.1, 0.15) is 35.1 Å². The number of fused-ring (bicyclic) bond motifs is 1. The van der Waals surface area contributed by atoms with Gasteiger partial charge in [0, 0.05) is 22.6 Å². The molecule has 4 nitrogen and oxygen atoms in total. The van der Waals surface area contributed by atoms with Crippen molar-refractivity contribution in [3.63, 3.8) is 0 Å². The van der Waals surface area contributed by atoms with Crippen molar-refractivity contribution in [3.8, 4) is 11.5 Å². The fourth-order valence-electron chi connectivity index (χ4n) is 4.33. The summed E-state index contributed by atoms with van der Waals surface area (Å²) < 4.78 is 12.6. The first-order valence-corrected chi connectivity index (χ1v) is 12.3. The predicted octanol–water partition coefficient (Wildman–Crippen LogP) is 6.36. The second kappa shape index (κ2) is 9.49. The first kappa shape index (κ1) is 22.4. The highest BCUT2D eigenvalue weighted by Crippen LogP contribution is 2.48. The highest BCUT2D eigenvalue weighted by Gasteiger charge is 2.33. The topological polar surface area (TPSA) is 47.6 Å². The van der Waals surface area contributed by atoms with Gasteiger partial charge in [0.2, 0.25) is 0 Å². The lowest BCUT2D eigenvalue weighted by molar-refractivity contribution is -0.115. The zero-order valence-electron chi connectivity index (χ0n) is 18.8. The summed E-state index contributed by atoms with van der Waals surface area (Å²) in [4.78, 5) is 13.2. The molecule has 1 atom stereocenters. The van der Waals surface area contributed by atoms with E-state index in [0.29, 0.717) is 21.6 Å². The van der Waals surface area contributed by atoms with E-state index >= 15 is 0 Å². The summed E-state index contributed by atoms with van der Waals surface area (Å²) in [7, 11) is 0. The molecular formula is C28H23NO3S2. The zero-order valence-corrected chi connectivity index (χ0v) is 20.5. The average Bonchev–Trinajstić information content (AvgIpc) is 3.16. The SMILES string of the molecule is CCOc1ccc(C2=C(/C=C3/SC(=S)NC3=O)[C@@H](c3ccccc3C)c3ccccc3O2)cc1. The number of thiocarbonyl (C=S) groups is 1. The minimum Gasteiger partial charge on any atom is -0.494 e. The number of amides is 1. The van der Waals surface area contributed by atoms with Crippen LogP contribution in [0.3, 0.4) is 0 Å². The third kappa shape index (κ3) is 4.27. The monoisotopic (exact) mass is 485 g/mol. The van der Waals surface area contributed by atoms with Gasteiger partial charge >= 0.3 is 0 Å². The van der Waals surface area contributed by atoms with E-state index in [1.54, 1.807) is 0 Å². The molecule has 3 aromatic rings. The lowest BCUT2D eigenvalue weighted by Gasteiger charge is -2.31. The minimum absolute atomic E-state index is 0.109. The molecule has 0 aromatic heterocycles. The van der Waals surface area contributed by atoms with Crippen LogP contribution in [0.4, 0.5) is 0 Å². The molecule has 3 aromatic carbocycles. The maximum atomic E-state index is 12.6. The molecule has 0 saturated carbocycles. The van der Waals surface area contributed by atoms with Crippen LogP contribution >= 0.6 is 24.0 Å². The Morgan fingerprint density at radius 2 is 1.74 bits per heavy atom. The quantitative estimate of drug-likeness (QED) is 0.337. The lowest BCUT2D eigenvalue weighted by atomic mass is 9.79. The van der Waals surface area contributed by atoms with Gasteiger partial charge in [0.25, 0.3) is 5.91 Å². The lowest BCUT2D eigenvalue weighted by Crippen LogP contribution is -2.19. The molecule has 2 aliphatic rings. The summed E-state index contributed by atoms with van der Waals surface area (Å²) in [6.45, 7) is 4.68. The standard InChI is InChI=1S/C28H23NO3S2/c1-3-31-19-14-12-18(13-15-19)26-22(16-24-27(30)29-28(33)34-24)25(20-9-5-4-8-17(20)2)21-10-6-7-11-23(21)32-26/h4-16,25H,3H2,1-2H3,(H,29,30,33)/b24-16+/t25-/m0/s1. The fraction of sp³-hybridized carbons (Fsp3) is 0.143. The molecule has 0 spiro atoms. The molecule has 1 amide bonds. The van der Waals surface area contributed by atoms with Crippen LogP contribution in [-0.4, -0.2) is 16.8 Å². The van der Waals surface area contributed by atoms with E-state index < -0.39 is 0 Å². The average molecular weight is 486 g/mol. The van der Waals surface area contributed by atoms with Gasteiger partial charge in [-0.3, -0.25) is 4.79 Å². The molecule has 2 aliphatic heterocycles. The molecule has 1 fully saturated rings. The van der Waals surface area contributed by atoms with E-state index in [1.807, 2.05) is 67.6 Å². The summed E-state index contributed by atoms with van der Waals surface area (Å²) in [5.74, 6) is 2.03. The highest BCUT2D eigenvalue weighted by atomic mass is 32.2. The maximum Gasteiger partial charge on any atom is 0.263 e. The van der Waals surface area contributed by atoms with Crippen LogP contribution < -0.4 is 14.8 Å². The predicted molar refractivity (Wildman–Crippen MR) is 141 cm³/mol. The Bertz CT molecular complexity index is 1340. The van der Waals surface area contributed by atoms with E-state index in [0.717, 1.165) is 28.2 Å². The fourth-order valence-corrected chi connectivity index (χ4v) is 5.37. The van der Waals surface area contributed by atoms with E-state index in [9.17, 15) is 4.79 Å². The van der Waals surface area contributed by atoms with Crippen LogP contribution in [0.25, 0.3) is 5.76 Å². The van der Waals surface area contributed by atoms with E-state index in [1.165, 1.54) is 22.9 Å². The summed E-state index contributed by atoms with van der Waals surface area (Å²) in [6.07, 6.45) is 1.93. The number of ether oxygens (including phenoxy) is 2. The van der Waals surface area contributed by atoms with Crippen molar-refractivity contribution in [3.05, 3.63) is 112 Å². The molecule has 0 unspecified atom stereocenters. The second-order valence-corrected chi connectivity index (χ2v) is 9.74. The van der Waals surface area contributed by atoms with Crippen LogP contribution in [0.15, 0.2) is 89.4 Å². The molecule has 6 heteroatoms. The number of rotatable bonds is 5. The molecule has 34 heavy (non-hydrogen) atoms. The Kier molecular flexibility index (Phi) is 6.26. The molecule has 0 aliphatic carbocycles. The van der Waals surface area contributed by atoms with Crippen molar-refractivity contribution < 1.29 is 14.3 Å². The van der Waals surface area contributed by atoms with Gasteiger partial charge in [-0.15, -0.1) is 0 Å². The normalized spacial score (nSPS) is 18.5. The summed E-state index contributed by atoms with van der Waals surface area (Å²) >= 11 is 6.52. The van der Waals surface area contributed by atoms with Crippen LogP contribution in [0, 0.1) is 6.92 Å². The van der Waals surface area contributed by atoms with Crippen LogP contribution in [0.2, 0.25) is 0 Å². The van der Waals surface area contributed by atoms with Crippen LogP contribution in [-0.2, 0) is 4.79 Å². The largest absolute Gasteiger partial charge is 0.494 e. The van der Waals surface area contributed by atoms with Crippen molar-refractivity contribution in [1.82, 2.24) is 5.32 Å². The third-order valence-electron chi connectivity index (χ3n) is 5.87. The number of hydrogen-bond donors (Lipinski definition) is 1. The molecule has 0 radical (unpaired) electrons. The molecular weight excluding hydrogens is 462 g/mol. The van der Waals surface area contributed by atoms with Gasteiger partial charge in [0.05, 0.1) is 11.5 Å². The number of benzene rings is 3. The van der Waals surface area contributed by atoms with Gasteiger partial charge in [-0.2, -0.15) is 0 Å². The number of aryl methyl sites for hydroxylation is 1. The number of allylic oxidation sites excluding steroid dienone is 2. The van der Waals surface area contributed by atoms with Gasteiger partial charge in [-0.05, 0) is 61.4 Å². The Morgan fingerprint density at radius 3 is 2.41 bits per heavy atom. The molecule has 2 heterocycles. The number of nitrogens with one attached hydrogen (secondary N) is 1. The van der Waals surface area contributed by atoms with Crippen molar-refractivity contribution >= 4 is 40.0 Å². The van der Waals surface area contributed by atoms with Gasteiger partial charge < -0.3 is 14.8 Å². The number of carbonyl (C=O) groups excluding carboxylic acids is 1. The van der Waals surface area contributed by atoms with E-state index in [4.69, 9.17) is 21.7 Å². The summed E-state index contributed by atoms with van der Waals surface area (Å²) in [5, 5.41) is 2.72. The molecule has 170 valence electrons. The number of hydrogen-bond acceptors (Lipinski definition) is 5. The van der Waals surface area contributed by atoms with Gasteiger partial charge in [-0.1, -0.05) is 66.4 Å². The molecule has 0 bridgehead atoms. The van der Waals surface area contributed by atoms with Crippen LogP contribution in [0.5, 0.6) is 11.5 Å². The van der Waals surface area contributed by atoms with Gasteiger partial charge in [0.15, 0.2) is 0 Å². The Balaban J connectivity index is 1.76. The second-order valence-electron chi connectivity index (χ2n) is 8.02. The van der Waals surface area contributed by atoms with Gasteiger partial charge in [-0.25, -0.2) is 0 Å². The third-order valence-corrected chi connectivity index (χ3v) is 7.03. The minimum atomic E-state index is -0.184. The number of para-hydroxylation sites is 1. The summed E-state index contributed by atoms with van der Waals surface area (Å²) in [5.41, 5.74) is 5.22. The van der Waals surface area contributed by atoms with E-state index in [2.05, 4.69) is 30.4 Å². The Morgan fingerprint density at radius 1 is 1.03 bits per heavy atom. The smallest absolute Gasteiger partial charge is 0.263 e. The Labute approximate surface area is 208 Å². The van der Waals surface area contributed by atoms with Crippen molar-refractivity contribution in [2.45, 2.75) is 19.8 Å². The zero-order chi connectivity index (χ0) is 23.7. The highest BCUT2D eigenvalue weighted by molar-refractivity contribution is 8.26.